The second-order valence-corrected chi connectivity index (χ2v) is 7.75. The number of benzene rings is 2. The summed E-state index contributed by atoms with van der Waals surface area (Å²) < 4.78 is 19.7. The number of methoxy groups -OCH3 is 1. The van der Waals surface area contributed by atoms with Crippen LogP contribution in [0.5, 0.6) is 11.5 Å². The van der Waals surface area contributed by atoms with Gasteiger partial charge in [-0.1, -0.05) is 36.4 Å². The molecule has 0 aliphatic carbocycles. The van der Waals surface area contributed by atoms with Gasteiger partial charge in [0.25, 0.3) is 0 Å². The summed E-state index contributed by atoms with van der Waals surface area (Å²) in [4.78, 5) is 13.0. The molecule has 0 spiro atoms. The molecule has 7 heteroatoms. The molecule has 0 saturated carbocycles. The van der Waals surface area contributed by atoms with E-state index in [-0.39, 0.29) is 5.97 Å². The minimum Gasteiger partial charge on any atom is -0.618 e. The van der Waals surface area contributed by atoms with E-state index in [1.807, 2.05) is 76.1 Å². The Bertz CT molecular complexity index is 1070. The molecule has 1 saturated heterocycles. The highest BCUT2D eigenvalue weighted by molar-refractivity contribution is 7.09. The van der Waals surface area contributed by atoms with Crippen molar-refractivity contribution in [3.8, 4) is 11.5 Å². The zero-order valence-electron chi connectivity index (χ0n) is 15.3. The van der Waals surface area contributed by atoms with Gasteiger partial charge in [0, 0.05) is 12.5 Å². The maximum Gasteiger partial charge on any atom is 0.682 e. The van der Waals surface area contributed by atoms with Gasteiger partial charge in [0.1, 0.15) is 12.0 Å². The number of thiophene rings is 1. The van der Waals surface area contributed by atoms with Gasteiger partial charge in [0.15, 0.2) is 0 Å². The van der Waals surface area contributed by atoms with E-state index >= 15 is 0 Å². The van der Waals surface area contributed by atoms with E-state index in [1.54, 1.807) is 18.4 Å². The van der Waals surface area contributed by atoms with Crippen LogP contribution in [0.1, 0.15) is 11.1 Å². The first-order valence-corrected chi connectivity index (χ1v) is 10.1. The van der Waals surface area contributed by atoms with Crippen LogP contribution in [0.25, 0.3) is 0 Å². The lowest BCUT2D eigenvalue weighted by atomic mass is 9.63. The lowest BCUT2D eigenvalue weighted by Gasteiger charge is -2.34. The summed E-state index contributed by atoms with van der Waals surface area (Å²) in [5.74, 6) is 1.07. The molecule has 0 bridgehead atoms. The van der Waals surface area contributed by atoms with Crippen LogP contribution in [0.2, 0.25) is 0 Å². The zero-order chi connectivity index (χ0) is 19.1. The number of nitrogens with zero attached hydrogens (tertiary/aromatic N) is 1. The summed E-state index contributed by atoms with van der Waals surface area (Å²) in [7, 11) is 1.62. The molecule has 140 valence electrons. The molecule has 2 atom stereocenters. The van der Waals surface area contributed by atoms with Crippen LogP contribution < -0.4 is 14.9 Å². The van der Waals surface area contributed by atoms with Crippen molar-refractivity contribution < 1.29 is 23.3 Å². The predicted molar refractivity (Wildman–Crippen MR) is 109 cm³/mol. The molecular weight excluding hydrogens is 373 g/mol. The molecule has 2 unspecified atom stereocenters. The molecule has 28 heavy (non-hydrogen) atoms. The van der Waals surface area contributed by atoms with Crippen molar-refractivity contribution in [2.45, 2.75) is 12.5 Å². The first kappa shape index (κ1) is 17.1. The van der Waals surface area contributed by atoms with E-state index in [0.717, 1.165) is 16.6 Å². The van der Waals surface area contributed by atoms with Gasteiger partial charge >= 0.3 is 12.7 Å². The summed E-state index contributed by atoms with van der Waals surface area (Å²) in [5.41, 5.74) is 2.83. The zero-order valence-corrected chi connectivity index (χ0v) is 16.1. The Hall–Kier alpha value is -3.06. The maximum atomic E-state index is 13.0. The highest BCUT2D eigenvalue weighted by atomic mass is 32.1. The van der Waals surface area contributed by atoms with Crippen LogP contribution in [0.3, 0.4) is 0 Å². The Morgan fingerprint density at radius 1 is 1.14 bits per heavy atom. The minimum absolute atomic E-state index is 0.272. The van der Waals surface area contributed by atoms with E-state index in [0.29, 0.717) is 17.9 Å². The average Bonchev–Trinajstić information content (AvgIpc) is 3.35. The Kier molecular flexibility index (Phi) is 3.98. The van der Waals surface area contributed by atoms with E-state index < -0.39 is 12.7 Å². The van der Waals surface area contributed by atoms with Crippen molar-refractivity contribution in [2.75, 3.05) is 7.11 Å². The number of fused-ring (bicyclic) bond motifs is 2. The topological polar surface area (TPSA) is 47.8 Å². The predicted octanol–water partition coefficient (Wildman–Crippen LogP) is 2.59. The third kappa shape index (κ3) is 2.62. The SMILES string of the molecule is COc1ccc2c(c1)O[B-]1(c3ccsc3)OC(=O)C(Cc3ccccc3)[N+]1=C2. The summed E-state index contributed by atoms with van der Waals surface area (Å²) in [6, 6.07) is 17.1. The fourth-order valence-electron chi connectivity index (χ4n) is 3.93. The average molecular weight is 391 g/mol. The van der Waals surface area contributed by atoms with Crippen LogP contribution in [0.15, 0.2) is 65.4 Å². The summed E-state index contributed by atoms with van der Waals surface area (Å²) in [6.07, 6.45) is 2.53. The lowest BCUT2D eigenvalue weighted by Crippen LogP contribution is -2.64. The van der Waals surface area contributed by atoms with Gasteiger partial charge in [-0.05, 0) is 33.9 Å². The van der Waals surface area contributed by atoms with Gasteiger partial charge in [0.2, 0.25) is 6.04 Å². The van der Waals surface area contributed by atoms with Crippen LogP contribution in [0.4, 0.5) is 0 Å². The first-order chi connectivity index (χ1) is 13.7. The van der Waals surface area contributed by atoms with Crippen molar-refractivity contribution >= 4 is 35.7 Å². The van der Waals surface area contributed by atoms with Gasteiger partial charge in [-0.2, -0.15) is 11.3 Å². The minimum atomic E-state index is -2.13. The first-order valence-electron chi connectivity index (χ1n) is 9.13. The largest absolute Gasteiger partial charge is 0.682 e. The van der Waals surface area contributed by atoms with Crippen LogP contribution in [-0.2, 0) is 15.9 Å². The van der Waals surface area contributed by atoms with E-state index in [4.69, 9.17) is 14.0 Å². The third-order valence-corrected chi connectivity index (χ3v) is 6.03. The Morgan fingerprint density at radius 3 is 2.75 bits per heavy atom. The molecule has 5 nitrogen and oxygen atoms in total. The summed E-state index contributed by atoms with van der Waals surface area (Å²) in [5, 5.41) is 3.94. The maximum absolute atomic E-state index is 13.0. The summed E-state index contributed by atoms with van der Waals surface area (Å²) in [6.45, 7) is -2.13. The Morgan fingerprint density at radius 2 is 2.00 bits per heavy atom. The van der Waals surface area contributed by atoms with Crippen molar-refractivity contribution in [3.05, 3.63) is 76.5 Å². The molecule has 1 fully saturated rings. The lowest BCUT2D eigenvalue weighted by molar-refractivity contribution is -0.432. The molecule has 2 aliphatic heterocycles. The number of ether oxygens (including phenoxy) is 1. The third-order valence-electron chi connectivity index (χ3n) is 5.33. The Labute approximate surface area is 166 Å². The van der Waals surface area contributed by atoms with Gasteiger partial charge in [0.05, 0.1) is 18.4 Å². The van der Waals surface area contributed by atoms with E-state index in [1.165, 1.54) is 0 Å². The van der Waals surface area contributed by atoms with Crippen LogP contribution >= 0.6 is 11.3 Å². The molecule has 3 aromatic rings. The monoisotopic (exact) mass is 391 g/mol. The molecule has 0 amide bonds. The number of carbonyl (C=O) groups is 1. The summed E-state index contributed by atoms with van der Waals surface area (Å²) >= 11 is 1.55. The number of rotatable bonds is 4. The fraction of sp³-hybridized carbons (Fsp3) is 0.143. The quantitative estimate of drug-likeness (QED) is 0.642. The van der Waals surface area contributed by atoms with Crippen molar-refractivity contribution in [1.82, 2.24) is 0 Å². The highest BCUT2D eigenvalue weighted by Gasteiger charge is 2.62. The van der Waals surface area contributed by atoms with Crippen LogP contribution in [-0.4, -0.2) is 36.5 Å². The molecular formula is C21H18BNO4S. The molecule has 0 N–H and O–H groups in total. The Balaban J connectivity index is 1.64. The number of carbonyl (C=O) groups excluding carboxylic acids is 1. The second kappa shape index (κ2) is 6.53. The van der Waals surface area contributed by atoms with Gasteiger partial charge < -0.3 is 18.5 Å². The molecule has 2 aliphatic rings. The van der Waals surface area contributed by atoms with Crippen molar-refractivity contribution in [3.63, 3.8) is 0 Å². The van der Waals surface area contributed by atoms with Crippen molar-refractivity contribution in [2.24, 2.45) is 0 Å². The van der Waals surface area contributed by atoms with E-state index in [2.05, 4.69) is 0 Å². The van der Waals surface area contributed by atoms with Crippen molar-refractivity contribution in [1.29, 1.82) is 0 Å². The van der Waals surface area contributed by atoms with E-state index in [9.17, 15) is 4.79 Å². The molecule has 2 aromatic carbocycles. The molecule has 3 heterocycles. The van der Waals surface area contributed by atoms with Gasteiger partial charge in [-0.15, -0.1) is 0 Å². The van der Waals surface area contributed by atoms with Crippen LogP contribution in [0, 0.1) is 0 Å². The molecule has 5 rings (SSSR count). The van der Waals surface area contributed by atoms with Gasteiger partial charge in [-0.3, -0.25) is 0 Å². The highest BCUT2D eigenvalue weighted by Crippen LogP contribution is 2.34. The number of hydrogen-bond donors (Lipinski definition) is 0. The molecule has 1 aromatic heterocycles. The number of hydrogen-bond acceptors (Lipinski definition) is 5. The standard InChI is InChI=1S/C21H18BNO4S/c1-25-18-8-7-16-13-23-19(11-15-5-3-2-4-6-15)21(24)27-22(23,26-20(16)12-18)17-9-10-28-14-17/h2-10,12-14,19H,11H2,1H3. The normalized spacial score (nSPS) is 22.5. The molecule has 0 radical (unpaired) electrons. The fourth-order valence-corrected chi connectivity index (χ4v) is 4.65. The smallest absolute Gasteiger partial charge is 0.618 e. The van der Waals surface area contributed by atoms with Gasteiger partial charge in [-0.25, -0.2) is 4.79 Å². The second-order valence-electron chi connectivity index (χ2n) is 6.97.